The monoisotopic (exact) mass is 496 g/mol. The van der Waals surface area contributed by atoms with Gasteiger partial charge in [0.2, 0.25) is 5.91 Å². The van der Waals surface area contributed by atoms with E-state index < -0.39 is 18.0 Å². The van der Waals surface area contributed by atoms with Crippen LogP contribution in [0.15, 0.2) is 42.5 Å². The van der Waals surface area contributed by atoms with Crippen molar-refractivity contribution in [3.05, 3.63) is 64.3 Å². The van der Waals surface area contributed by atoms with Crippen LogP contribution in [0.1, 0.15) is 41.4 Å². The quantitative estimate of drug-likeness (QED) is 0.480. The molecule has 2 heterocycles. The van der Waals surface area contributed by atoms with E-state index in [9.17, 15) is 19.2 Å². The van der Waals surface area contributed by atoms with Crippen molar-refractivity contribution in [2.45, 2.75) is 39.2 Å². The van der Waals surface area contributed by atoms with Crippen molar-refractivity contribution in [2.24, 2.45) is 0 Å². The van der Waals surface area contributed by atoms with Gasteiger partial charge in [-0.3, -0.25) is 28.6 Å². The van der Waals surface area contributed by atoms with Gasteiger partial charge in [0.25, 0.3) is 11.8 Å². The highest BCUT2D eigenvalue weighted by Crippen LogP contribution is 2.31. The third-order valence-electron chi connectivity index (χ3n) is 6.15. The zero-order valence-corrected chi connectivity index (χ0v) is 20.4. The minimum Gasteiger partial charge on any atom is -0.497 e. The maximum Gasteiger partial charge on any atom is 0.311 e. The molecule has 182 valence electrons. The van der Waals surface area contributed by atoms with E-state index in [0.717, 1.165) is 4.90 Å². The average Bonchev–Trinajstić information content (AvgIpc) is 3.38. The molecule has 0 saturated carbocycles. The molecule has 0 spiro atoms. The summed E-state index contributed by atoms with van der Waals surface area (Å²) in [7, 11) is 1.53. The van der Waals surface area contributed by atoms with Gasteiger partial charge in [0.05, 0.1) is 19.0 Å². The van der Waals surface area contributed by atoms with Gasteiger partial charge in [0, 0.05) is 34.6 Å². The summed E-state index contributed by atoms with van der Waals surface area (Å²) in [6.45, 7) is 3.54. The zero-order valence-electron chi connectivity index (χ0n) is 19.7. The predicted octanol–water partition coefficient (Wildman–Crippen LogP) is 3.92. The van der Waals surface area contributed by atoms with Crippen LogP contribution in [-0.2, 0) is 25.5 Å². The van der Waals surface area contributed by atoms with Crippen molar-refractivity contribution < 1.29 is 28.7 Å². The summed E-state index contributed by atoms with van der Waals surface area (Å²) in [6, 6.07) is 11.8. The molecule has 4 rings (SSSR count). The molecule has 1 unspecified atom stereocenters. The molecule has 0 N–H and O–H groups in total. The van der Waals surface area contributed by atoms with Crippen LogP contribution >= 0.6 is 11.6 Å². The highest BCUT2D eigenvalue weighted by molar-refractivity contribution is 6.30. The van der Waals surface area contributed by atoms with Gasteiger partial charge in [0.15, 0.2) is 6.10 Å². The topological polar surface area (TPSA) is 94.9 Å². The highest BCUT2D eigenvalue weighted by atomic mass is 35.5. The second kappa shape index (κ2) is 9.92. The molecular formula is C26H25ClN2O6. The van der Waals surface area contributed by atoms with E-state index in [-0.39, 0.29) is 18.2 Å². The number of amides is 2. The number of hydrogen-bond acceptors (Lipinski definition) is 6. The zero-order chi connectivity index (χ0) is 25.3. The maximum atomic E-state index is 13.4. The van der Waals surface area contributed by atoms with Gasteiger partial charge < -0.3 is 9.47 Å². The van der Waals surface area contributed by atoms with Crippen LogP contribution in [0.4, 0.5) is 0 Å². The molecule has 1 aliphatic heterocycles. The molecule has 0 bridgehead atoms. The van der Waals surface area contributed by atoms with E-state index in [0.29, 0.717) is 57.9 Å². The van der Waals surface area contributed by atoms with Crippen LogP contribution < -0.4 is 4.74 Å². The Labute approximate surface area is 207 Å². The lowest BCUT2D eigenvalue weighted by atomic mass is 10.1. The largest absolute Gasteiger partial charge is 0.497 e. The fourth-order valence-electron chi connectivity index (χ4n) is 4.33. The van der Waals surface area contributed by atoms with Gasteiger partial charge in [-0.25, -0.2) is 0 Å². The number of likely N-dealkylation sites (tertiary alicyclic amines) is 1. The standard InChI is InChI=1S/C26H25ClN2O6/c1-15-20(14-24(31)35-16(2)25(32)28-12-4-5-23(28)30)21-13-19(34-3)10-11-22(21)29(15)26(33)17-6-8-18(27)9-7-17/h6-11,13,16H,4-5,12,14H2,1-3H3. The van der Waals surface area contributed by atoms with Crippen LogP contribution in [0, 0.1) is 6.92 Å². The van der Waals surface area contributed by atoms with Crippen molar-refractivity contribution >= 4 is 46.2 Å². The number of methoxy groups -OCH3 is 1. The van der Waals surface area contributed by atoms with Crippen LogP contribution in [0.25, 0.3) is 10.9 Å². The van der Waals surface area contributed by atoms with Crippen molar-refractivity contribution in [1.82, 2.24) is 9.47 Å². The lowest BCUT2D eigenvalue weighted by Crippen LogP contribution is -2.40. The number of benzene rings is 2. The molecule has 2 aromatic carbocycles. The van der Waals surface area contributed by atoms with E-state index in [4.69, 9.17) is 21.1 Å². The van der Waals surface area contributed by atoms with Gasteiger partial charge in [0.1, 0.15) is 5.75 Å². The number of carbonyl (C=O) groups excluding carboxylic acids is 4. The van der Waals surface area contributed by atoms with Crippen LogP contribution in [-0.4, -0.2) is 52.9 Å². The van der Waals surface area contributed by atoms with Gasteiger partial charge in [-0.2, -0.15) is 0 Å². The Hall–Kier alpha value is -3.65. The number of nitrogens with zero attached hydrogens (tertiary/aromatic N) is 2. The molecular weight excluding hydrogens is 472 g/mol. The third-order valence-corrected chi connectivity index (χ3v) is 6.40. The molecule has 8 nitrogen and oxygen atoms in total. The normalized spacial score (nSPS) is 14.3. The predicted molar refractivity (Wildman–Crippen MR) is 130 cm³/mol. The van der Waals surface area contributed by atoms with Gasteiger partial charge in [-0.1, -0.05) is 11.6 Å². The number of hydrogen-bond donors (Lipinski definition) is 0. The average molecular weight is 497 g/mol. The Morgan fingerprint density at radius 1 is 1.11 bits per heavy atom. The van der Waals surface area contributed by atoms with Crippen molar-refractivity contribution in [3.8, 4) is 5.75 Å². The fourth-order valence-corrected chi connectivity index (χ4v) is 4.46. The van der Waals surface area contributed by atoms with Gasteiger partial charge in [-0.15, -0.1) is 0 Å². The number of esters is 1. The summed E-state index contributed by atoms with van der Waals surface area (Å²) in [5.41, 5.74) is 2.20. The Kier molecular flexibility index (Phi) is 6.93. The summed E-state index contributed by atoms with van der Waals surface area (Å²) in [4.78, 5) is 51.7. The van der Waals surface area contributed by atoms with Gasteiger partial charge in [-0.05, 0) is 68.3 Å². The lowest BCUT2D eigenvalue weighted by Gasteiger charge is -2.19. The number of rotatable bonds is 6. The molecule has 0 aliphatic carbocycles. The number of ether oxygens (including phenoxy) is 2. The molecule has 3 aromatic rings. The van der Waals surface area contributed by atoms with Crippen LogP contribution in [0.3, 0.4) is 0 Å². The Morgan fingerprint density at radius 2 is 1.83 bits per heavy atom. The highest BCUT2D eigenvalue weighted by Gasteiger charge is 2.32. The Morgan fingerprint density at radius 3 is 2.46 bits per heavy atom. The van der Waals surface area contributed by atoms with Crippen molar-refractivity contribution in [2.75, 3.05) is 13.7 Å². The Balaban J connectivity index is 1.65. The first kappa shape index (κ1) is 24.5. The first-order chi connectivity index (χ1) is 16.7. The van der Waals surface area contributed by atoms with Crippen LogP contribution in [0.2, 0.25) is 5.02 Å². The van der Waals surface area contributed by atoms with E-state index in [1.807, 2.05) is 0 Å². The summed E-state index contributed by atoms with van der Waals surface area (Å²) in [6.07, 6.45) is -0.340. The van der Waals surface area contributed by atoms with E-state index in [1.54, 1.807) is 49.4 Å². The second-order valence-corrected chi connectivity index (χ2v) is 8.83. The first-order valence-corrected chi connectivity index (χ1v) is 11.6. The molecule has 1 saturated heterocycles. The third kappa shape index (κ3) is 4.79. The number of halogens is 1. The molecule has 1 atom stereocenters. The number of fused-ring (bicyclic) bond motifs is 1. The SMILES string of the molecule is COc1ccc2c(c1)c(CC(=O)OC(C)C(=O)N1CCCC1=O)c(C)n2C(=O)c1ccc(Cl)cc1. The van der Waals surface area contributed by atoms with Gasteiger partial charge >= 0.3 is 5.97 Å². The summed E-state index contributed by atoms with van der Waals surface area (Å²) in [5, 5.41) is 1.18. The van der Waals surface area contributed by atoms with E-state index in [1.165, 1.54) is 18.6 Å². The summed E-state index contributed by atoms with van der Waals surface area (Å²) >= 11 is 5.97. The van der Waals surface area contributed by atoms with Crippen LogP contribution in [0.5, 0.6) is 5.75 Å². The number of carbonyl (C=O) groups is 4. The molecule has 2 amide bonds. The molecule has 1 fully saturated rings. The summed E-state index contributed by atoms with van der Waals surface area (Å²) in [5.74, 6) is -1.13. The molecule has 0 radical (unpaired) electrons. The lowest BCUT2D eigenvalue weighted by molar-refractivity contribution is -0.160. The fraction of sp³-hybridized carbons (Fsp3) is 0.308. The number of imide groups is 1. The minimum atomic E-state index is -1.09. The minimum absolute atomic E-state index is 0.165. The molecule has 1 aromatic heterocycles. The first-order valence-electron chi connectivity index (χ1n) is 11.2. The van der Waals surface area contributed by atoms with E-state index >= 15 is 0 Å². The van der Waals surface area contributed by atoms with Crippen molar-refractivity contribution in [1.29, 1.82) is 0 Å². The molecule has 1 aliphatic rings. The maximum absolute atomic E-state index is 13.4. The van der Waals surface area contributed by atoms with E-state index in [2.05, 4.69) is 0 Å². The smallest absolute Gasteiger partial charge is 0.311 e. The number of aromatic nitrogens is 1. The summed E-state index contributed by atoms with van der Waals surface area (Å²) < 4.78 is 12.3. The Bertz CT molecular complexity index is 1330. The molecule has 9 heteroatoms. The second-order valence-electron chi connectivity index (χ2n) is 8.39. The van der Waals surface area contributed by atoms with Crippen molar-refractivity contribution in [3.63, 3.8) is 0 Å². The molecule has 35 heavy (non-hydrogen) atoms.